The van der Waals surface area contributed by atoms with Gasteiger partial charge in [-0.2, -0.15) is 0 Å². The van der Waals surface area contributed by atoms with E-state index in [0.717, 1.165) is 30.8 Å². The summed E-state index contributed by atoms with van der Waals surface area (Å²) < 4.78 is 28.7. The lowest BCUT2D eigenvalue weighted by molar-refractivity contribution is 0.0397. The number of β-amino-alcohol motifs (C(OH)–C–C–N with tert-alkyl or cyclic N) is 1. The smallest absolute Gasteiger partial charge is 0.175 e. The number of benzene rings is 2. The van der Waals surface area contributed by atoms with Gasteiger partial charge >= 0.3 is 0 Å². The van der Waals surface area contributed by atoms with Crippen LogP contribution in [0.2, 0.25) is 5.02 Å². The number of rotatable bonds is 8. The quantitative estimate of drug-likeness (QED) is 0.683. The summed E-state index contributed by atoms with van der Waals surface area (Å²) in [6.07, 6.45) is 4.90. The lowest BCUT2D eigenvalue weighted by Gasteiger charge is -2.37. The van der Waals surface area contributed by atoms with Crippen molar-refractivity contribution >= 4 is 21.4 Å². The zero-order valence-electron chi connectivity index (χ0n) is 16.6. The average molecular weight is 438 g/mol. The van der Waals surface area contributed by atoms with Gasteiger partial charge in [-0.3, -0.25) is 4.90 Å². The van der Waals surface area contributed by atoms with Gasteiger partial charge in [0.05, 0.1) is 4.90 Å². The Bertz CT molecular complexity index is 901. The van der Waals surface area contributed by atoms with E-state index in [0.29, 0.717) is 18.3 Å². The highest BCUT2D eigenvalue weighted by Gasteiger charge is 2.25. The monoisotopic (exact) mass is 437 g/mol. The van der Waals surface area contributed by atoms with Crippen LogP contribution in [-0.4, -0.2) is 56.5 Å². The Morgan fingerprint density at radius 3 is 2.66 bits per heavy atom. The van der Waals surface area contributed by atoms with Crippen LogP contribution in [0.25, 0.3) is 0 Å². The predicted octanol–water partition coefficient (Wildman–Crippen LogP) is 3.58. The molecule has 29 heavy (non-hydrogen) atoms. The minimum absolute atomic E-state index is 0.165. The van der Waals surface area contributed by atoms with Crippen molar-refractivity contribution in [1.29, 1.82) is 0 Å². The van der Waals surface area contributed by atoms with Crippen LogP contribution < -0.4 is 4.74 Å². The molecule has 3 rings (SSSR count). The highest BCUT2D eigenvalue weighted by Crippen LogP contribution is 2.23. The molecule has 2 aromatic carbocycles. The second-order valence-corrected chi connectivity index (χ2v) is 10.1. The van der Waals surface area contributed by atoms with E-state index < -0.39 is 15.9 Å². The van der Waals surface area contributed by atoms with Crippen molar-refractivity contribution < 1.29 is 18.3 Å². The molecule has 0 bridgehead atoms. The van der Waals surface area contributed by atoms with Crippen LogP contribution in [0.15, 0.2) is 53.4 Å². The number of piperidine rings is 1. The molecule has 0 saturated carbocycles. The third kappa shape index (κ3) is 6.71. The Balaban J connectivity index is 1.53. The van der Waals surface area contributed by atoms with Crippen LogP contribution in [0.4, 0.5) is 0 Å². The van der Waals surface area contributed by atoms with Gasteiger partial charge < -0.3 is 9.84 Å². The summed E-state index contributed by atoms with van der Waals surface area (Å²) in [7, 11) is -3.22. The van der Waals surface area contributed by atoms with E-state index in [1.807, 2.05) is 18.2 Å². The molecule has 0 amide bonds. The van der Waals surface area contributed by atoms with Gasteiger partial charge in [-0.1, -0.05) is 30.2 Å². The van der Waals surface area contributed by atoms with Gasteiger partial charge in [0, 0.05) is 23.9 Å². The molecule has 0 aromatic heterocycles. The Morgan fingerprint density at radius 1 is 1.21 bits per heavy atom. The number of aliphatic hydroxyl groups is 1. The van der Waals surface area contributed by atoms with E-state index >= 15 is 0 Å². The van der Waals surface area contributed by atoms with Crippen LogP contribution in [0.3, 0.4) is 0 Å². The number of hydrogen-bond donors (Lipinski definition) is 1. The molecule has 2 atom stereocenters. The van der Waals surface area contributed by atoms with Gasteiger partial charge in [0.15, 0.2) is 9.84 Å². The third-order valence-electron chi connectivity index (χ3n) is 5.25. The van der Waals surface area contributed by atoms with Crippen LogP contribution in [-0.2, 0) is 16.3 Å². The normalized spacial score (nSPS) is 19.1. The standard InChI is InChI=1S/C22H28ClNO4S/c1-29(26,27)22-10-8-21(9-11-22)28-16-20(25)15-24-12-3-2-7-19(24)14-17-5-4-6-18(23)13-17/h4-6,8-11,13,19-20,25H,2-3,7,12,14-16H2,1H3/t19-,20+/m1/s1. The van der Waals surface area contributed by atoms with Gasteiger partial charge in [0.2, 0.25) is 0 Å². The maximum atomic E-state index is 11.5. The van der Waals surface area contributed by atoms with Gasteiger partial charge in [0.25, 0.3) is 0 Å². The fraction of sp³-hybridized carbons (Fsp3) is 0.455. The summed E-state index contributed by atoms with van der Waals surface area (Å²) in [6.45, 7) is 1.68. The van der Waals surface area contributed by atoms with E-state index in [1.165, 1.54) is 30.4 Å². The first-order valence-corrected chi connectivity index (χ1v) is 12.2. The summed E-state index contributed by atoms with van der Waals surface area (Å²) in [5.74, 6) is 0.547. The molecule has 5 nitrogen and oxygen atoms in total. The van der Waals surface area contributed by atoms with Crippen LogP contribution in [0.5, 0.6) is 5.75 Å². The van der Waals surface area contributed by atoms with Crippen LogP contribution >= 0.6 is 11.6 Å². The number of likely N-dealkylation sites (tertiary alicyclic amines) is 1. The van der Waals surface area contributed by atoms with E-state index in [-0.39, 0.29) is 11.5 Å². The molecule has 0 spiro atoms. The number of aliphatic hydroxyl groups excluding tert-OH is 1. The van der Waals surface area contributed by atoms with Crippen LogP contribution in [0.1, 0.15) is 24.8 Å². The van der Waals surface area contributed by atoms with Crippen molar-refractivity contribution in [3.05, 3.63) is 59.1 Å². The molecule has 1 heterocycles. The van der Waals surface area contributed by atoms with E-state index in [9.17, 15) is 13.5 Å². The van der Waals surface area contributed by atoms with Gasteiger partial charge in [0.1, 0.15) is 18.5 Å². The molecule has 7 heteroatoms. The summed E-state index contributed by atoms with van der Waals surface area (Å²) in [4.78, 5) is 2.59. The molecule has 0 radical (unpaired) electrons. The SMILES string of the molecule is CS(=O)(=O)c1ccc(OC[C@@H](O)CN2CCCC[C@@H]2Cc2cccc(Cl)c2)cc1. The van der Waals surface area contributed by atoms with E-state index in [4.69, 9.17) is 16.3 Å². The molecule has 0 unspecified atom stereocenters. The average Bonchev–Trinajstić information content (AvgIpc) is 2.68. The largest absolute Gasteiger partial charge is 0.491 e. The van der Waals surface area contributed by atoms with Crippen molar-refractivity contribution in [2.24, 2.45) is 0 Å². The lowest BCUT2D eigenvalue weighted by Crippen LogP contribution is -2.46. The highest BCUT2D eigenvalue weighted by molar-refractivity contribution is 7.90. The van der Waals surface area contributed by atoms with Crippen molar-refractivity contribution in [2.45, 2.75) is 42.7 Å². The zero-order chi connectivity index (χ0) is 20.9. The van der Waals surface area contributed by atoms with Crippen molar-refractivity contribution in [3.8, 4) is 5.75 Å². The van der Waals surface area contributed by atoms with E-state index in [1.54, 1.807) is 12.1 Å². The first kappa shape index (κ1) is 22.1. The Labute approximate surface area is 178 Å². The molecule has 1 aliphatic rings. The van der Waals surface area contributed by atoms with Crippen molar-refractivity contribution in [2.75, 3.05) is 26.0 Å². The molecule has 0 aliphatic carbocycles. The number of sulfone groups is 1. The maximum absolute atomic E-state index is 11.5. The number of halogens is 1. The first-order valence-electron chi connectivity index (χ1n) is 9.91. The highest BCUT2D eigenvalue weighted by atomic mass is 35.5. The lowest BCUT2D eigenvalue weighted by atomic mass is 9.95. The minimum Gasteiger partial charge on any atom is -0.491 e. The number of ether oxygens (including phenoxy) is 1. The number of nitrogens with zero attached hydrogens (tertiary/aromatic N) is 1. The molecule has 1 fully saturated rings. The Kier molecular flexibility index (Phi) is 7.57. The maximum Gasteiger partial charge on any atom is 0.175 e. The third-order valence-corrected chi connectivity index (χ3v) is 6.61. The molecular weight excluding hydrogens is 410 g/mol. The van der Waals surface area contributed by atoms with E-state index in [2.05, 4.69) is 11.0 Å². The molecule has 1 saturated heterocycles. The second-order valence-electron chi connectivity index (χ2n) is 7.69. The minimum atomic E-state index is -3.22. The molecule has 1 N–H and O–H groups in total. The predicted molar refractivity (Wildman–Crippen MR) is 115 cm³/mol. The zero-order valence-corrected chi connectivity index (χ0v) is 18.2. The van der Waals surface area contributed by atoms with Crippen molar-refractivity contribution in [1.82, 2.24) is 4.90 Å². The van der Waals surface area contributed by atoms with Crippen molar-refractivity contribution in [3.63, 3.8) is 0 Å². The molecule has 158 valence electrons. The summed E-state index contributed by atoms with van der Waals surface area (Å²) >= 11 is 6.11. The summed E-state index contributed by atoms with van der Waals surface area (Å²) in [5.41, 5.74) is 1.21. The summed E-state index contributed by atoms with van der Waals surface area (Å²) in [6, 6.07) is 14.6. The number of hydrogen-bond acceptors (Lipinski definition) is 5. The van der Waals surface area contributed by atoms with Gasteiger partial charge in [-0.15, -0.1) is 0 Å². The topological polar surface area (TPSA) is 66.8 Å². The Morgan fingerprint density at radius 2 is 1.97 bits per heavy atom. The molecular formula is C22H28ClNO4S. The first-order chi connectivity index (χ1) is 13.8. The fourth-order valence-corrected chi connectivity index (χ4v) is 4.61. The fourth-order valence-electron chi connectivity index (χ4n) is 3.77. The van der Waals surface area contributed by atoms with Gasteiger partial charge in [-0.25, -0.2) is 8.42 Å². The Hall–Kier alpha value is -1.60. The van der Waals surface area contributed by atoms with Crippen LogP contribution in [0, 0.1) is 0 Å². The van der Waals surface area contributed by atoms with Gasteiger partial charge in [-0.05, 0) is 67.8 Å². The summed E-state index contributed by atoms with van der Waals surface area (Å²) in [5, 5.41) is 11.2. The molecule has 2 aromatic rings. The molecule has 1 aliphatic heterocycles. The second kappa shape index (κ2) is 9.94.